The zero-order chi connectivity index (χ0) is 23.8. The molecule has 1 atom stereocenters. The predicted octanol–water partition coefficient (Wildman–Crippen LogP) is 4.97. The minimum atomic E-state index is 0.0321. The van der Waals surface area contributed by atoms with Crippen LogP contribution in [0.2, 0.25) is 0 Å². The average molecular weight is 470 g/mol. The van der Waals surface area contributed by atoms with Gasteiger partial charge in [-0.1, -0.05) is 12.1 Å². The van der Waals surface area contributed by atoms with Crippen molar-refractivity contribution < 1.29 is 19.0 Å². The van der Waals surface area contributed by atoms with Gasteiger partial charge in [0.2, 0.25) is 0 Å². The van der Waals surface area contributed by atoms with Crippen molar-refractivity contribution in [2.45, 2.75) is 32.4 Å². The Morgan fingerprint density at radius 1 is 1.03 bits per heavy atom. The number of benzene rings is 2. The van der Waals surface area contributed by atoms with E-state index in [9.17, 15) is 4.79 Å². The van der Waals surface area contributed by atoms with Crippen LogP contribution >= 0.6 is 0 Å². The fraction of sp³-hybridized carbons (Fsp3) is 0.286. The maximum Gasteiger partial charge on any atom is 0.254 e. The van der Waals surface area contributed by atoms with Gasteiger partial charge in [-0.2, -0.15) is 0 Å². The summed E-state index contributed by atoms with van der Waals surface area (Å²) in [6.07, 6.45) is 5.93. The maximum absolute atomic E-state index is 13.4. The first-order valence-corrected chi connectivity index (χ1v) is 12.0. The van der Waals surface area contributed by atoms with E-state index in [2.05, 4.69) is 11.9 Å². The fourth-order valence-electron chi connectivity index (χ4n) is 4.87. The van der Waals surface area contributed by atoms with Crippen LogP contribution < -0.4 is 14.2 Å². The molecule has 2 aliphatic heterocycles. The van der Waals surface area contributed by atoms with Gasteiger partial charge in [0, 0.05) is 24.5 Å². The number of imidazole rings is 1. The van der Waals surface area contributed by atoms with E-state index in [0.717, 1.165) is 47.8 Å². The van der Waals surface area contributed by atoms with E-state index in [1.54, 1.807) is 0 Å². The molecule has 7 heteroatoms. The van der Waals surface area contributed by atoms with E-state index < -0.39 is 0 Å². The molecule has 0 radical (unpaired) electrons. The number of likely N-dealkylation sites (tertiary alicyclic amines) is 1. The summed E-state index contributed by atoms with van der Waals surface area (Å²) in [5, 5.41) is 0. The van der Waals surface area contributed by atoms with Crippen molar-refractivity contribution in [2.75, 3.05) is 19.8 Å². The monoisotopic (exact) mass is 469 g/mol. The van der Waals surface area contributed by atoms with Crippen LogP contribution in [0.15, 0.2) is 67.0 Å². The van der Waals surface area contributed by atoms with Gasteiger partial charge < -0.3 is 23.5 Å². The topological polar surface area (TPSA) is 65.3 Å². The maximum atomic E-state index is 13.4. The average Bonchev–Trinajstić information content (AvgIpc) is 3.54. The summed E-state index contributed by atoms with van der Waals surface area (Å²) in [5.74, 6) is 2.27. The van der Waals surface area contributed by atoms with Crippen LogP contribution in [0.1, 0.15) is 46.1 Å². The molecule has 6 rings (SSSR count). The lowest BCUT2D eigenvalue weighted by molar-refractivity contribution is 0.0735. The minimum absolute atomic E-state index is 0.0321. The highest BCUT2D eigenvalue weighted by molar-refractivity contribution is 5.94. The minimum Gasteiger partial charge on any atom is -0.487 e. The van der Waals surface area contributed by atoms with Gasteiger partial charge in [-0.15, -0.1) is 0 Å². The van der Waals surface area contributed by atoms with Crippen molar-refractivity contribution in [3.8, 4) is 17.2 Å². The number of ether oxygens (including phenoxy) is 3. The highest BCUT2D eigenvalue weighted by atomic mass is 16.6. The molecular weight excluding hydrogens is 442 g/mol. The van der Waals surface area contributed by atoms with Crippen molar-refractivity contribution in [3.05, 3.63) is 89.4 Å². The molecule has 0 N–H and O–H groups in total. The fourth-order valence-corrected chi connectivity index (χ4v) is 4.87. The van der Waals surface area contributed by atoms with Gasteiger partial charge in [-0.3, -0.25) is 4.79 Å². The number of pyridine rings is 1. The van der Waals surface area contributed by atoms with Gasteiger partial charge in [0.15, 0.2) is 11.5 Å². The van der Waals surface area contributed by atoms with E-state index >= 15 is 0 Å². The number of hydrogen-bond donors (Lipinski definition) is 0. The third kappa shape index (κ3) is 4.30. The lowest BCUT2D eigenvalue weighted by atomic mass is 10.0. The molecule has 1 unspecified atom stereocenters. The van der Waals surface area contributed by atoms with Crippen LogP contribution in [-0.4, -0.2) is 40.0 Å². The number of carbonyl (C=O) groups is 1. The summed E-state index contributed by atoms with van der Waals surface area (Å²) in [7, 11) is 0. The number of rotatable bonds is 5. The molecule has 35 heavy (non-hydrogen) atoms. The standard InChI is InChI=1S/C28H27N3O4/c1-19-4-11-27-29-22(17-30(27)16-19)18-35-23-8-5-20(6-9-23)28(32)31-12-2-3-24(31)21-7-10-25-26(15-21)34-14-13-33-25/h4-11,15-17,24H,2-3,12-14,18H2,1H3. The molecule has 1 saturated heterocycles. The molecule has 1 amide bonds. The Bertz CT molecular complexity index is 1380. The van der Waals surface area contributed by atoms with Crippen LogP contribution in [0.3, 0.4) is 0 Å². The second-order valence-electron chi connectivity index (χ2n) is 9.08. The second-order valence-corrected chi connectivity index (χ2v) is 9.08. The number of fused-ring (bicyclic) bond motifs is 2. The van der Waals surface area contributed by atoms with Crippen molar-refractivity contribution in [3.63, 3.8) is 0 Å². The third-order valence-electron chi connectivity index (χ3n) is 6.60. The highest BCUT2D eigenvalue weighted by Crippen LogP contribution is 2.38. The van der Waals surface area contributed by atoms with Crippen LogP contribution in [0.4, 0.5) is 0 Å². The normalized spacial score (nSPS) is 17.1. The van der Waals surface area contributed by atoms with Gasteiger partial charge >= 0.3 is 0 Å². The molecule has 4 aromatic rings. The first-order chi connectivity index (χ1) is 17.1. The van der Waals surface area contributed by atoms with E-state index in [1.807, 2.05) is 76.3 Å². The highest BCUT2D eigenvalue weighted by Gasteiger charge is 2.31. The predicted molar refractivity (Wildman–Crippen MR) is 131 cm³/mol. The SMILES string of the molecule is Cc1ccc2nc(COc3ccc(C(=O)N4CCCC4c4ccc5c(c4)OCCO5)cc3)cn2c1. The molecule has 2 aliphatic rings. The Kier molecular flexibility index (Phi) is 5.52. The summed E-state index contributed by atoms with van der Waals surface area (Å²) in [4.78, 5) is 19.9. The van der Waals surface area contributed by atoms with Crippen molar-refractivity contribution in [1.82, 2.24) is 14.3 Å². The Balaban J connectivity index is 1.13. The van der Waals surface area contributed by atoms with E-state index in [0.29, 0.717) is 31.1 Å². The number of aryl methyl sites for hydroxylation is 1. The number of carbonyl (C=O) groups excluding carboxylic acids is 1. The number of hydrogen-bond acceptors (Lipinski definition) is 5. The van der Waals surface area contributed by atoms with Crippen molar-refractivity contribution in [2.24, 2.45) is 0 Å². The number of aromatic nitrogens is 2. The molecule has 7 nitrogen and oxygen atoms in total. The Hall–Kier alpha value is -4.00. The van der Waals surface area contributed by atoms with Gasteiger partial charge in [-0.05, 0) is 73.4 Å². The molecule has 0 aliphatic carbocycles. The summed E-state index contributed by atoms with van der Waals surface area (Å²) in [6, 6.07) is 17.5. The zero-order valence-corrected chi connectivity index (χ0v) is 19.6. The van der Waals surface area contributed by atoms with Crippen LogP contribution in [0.5, 0.6) is 17.2 Å². The quantitative estimate of drug-likeness (QED) is 0.413. The van der Waals surface area contributed by atoms with Gasteiger partial charge in [0.1, 0.15) is 31.2 Å². The Morgan fingerprint density at radius 3 is 2.71 bits per heavy atom. The van der Waals surface area contributed by atoms with Crippen molar-refractivity contribution in [1.29, 1.82) is 0 Å². The molecule has 2 aromatic carbocycles. The zero-order valence-electron chi connectivity index (χ0n) is 19.6. The number of nitrogens with zero attached hydrogens (tertiary/aromatic N) is 3. The molecule has 0 bridgehead atoms. The van der Waals surface area contributed by atoms with E-state index in [1.165, 1.54) is 5.56 Å². The summed E-state index contributed by atoms with van der Waals surface area (Å²) in [6.45, 7) is 4.28. The Morgan fingerprint density at radius 2 is 1.86 bits per heavy atom. The second kappa shape index (κ2) is 8.98. The van der Waals surface area contributed by atoms with Gasteiger partial charge in [-0.25, -0.2) is 4.98 Å². The number of amides is 1. The van der Waals surface area contributed by atoms with Gasteiger partial charge in [0.05, 0.1) is 11.7 Å². The van der Waals surface area contributed by atoms with Gasteiger partial charge in [0.25, 0.3) is 5.91 Å². The van der Waals surface area contributed by atoms with Crippen LogP contribution in [-0.2, 0) is 6.61 Å². The third-order valence-corrected chi connectivity index (χ3v) is 6.60. The molecule has 178 valence electrons. The van der Waals surface area contributed by atoms with Crippen molar-refractivity contribution >= 4 is 11.6 Å². The lowest BCUT2D eigenvalue weighted by Crippen LogP contribution is -2.30. The van der Waals surface area contributed by atoms with Crippen LogP contribution in [0, 0.1) is 6.92 Å². The smallest absolute Gasteiger partial charge is 0.254 e. The first-order valence-electron chi connectivity index (χ1n) is 12.0. The molecule has 0 spiro atoms. The first kappa shape index (κ1) is 21.5. The summed E-state index contributed by atoms with van der Waals surface area (Å²) in [5.41, 5.74) is 4.67. The lowest BCUT2D eigenvalue weighted by Gasteiger charge is -2.27. The molecule has 1 fully saturated rings. The summed E-state index contributed by atoms with van der Waals surface area (Å²) < 4.78 is 19.3. The molecule has 4 heterocycles. The molecule has 2 aromatic heterocycles. The van der Waals surface area contributed by atoms with E-state index in [4.69, 9.17) is 14.2 Å². The largest absolute Gasteiger partial charge is 0.487 e. The summed E-state index contributed by atoms with van der Waals surface area (Å²) >= 11 is 0. The van der Waals surface area contributed by atoms with Crippen LogP contribution in [0.25, 0.3) is 5.65 Å². The molecule has 0 saturated carbocycles. The Labute approximate surface area is 203 Å². The van der Waals surface area contributed by atoms with E-state index in [-0.39, 0.29) is 11.9 Å². The molecular formula is C28H27N3O4.